The normalized spacial score (nSPS) is 19.4. The van der Waals surface area contributed by atoms with Gasteiger partial charge in [-0.05, 0) is 30.0 Å². The summed E-state index contributed by atoms with van der Waals surface area (Å²) in [5.74, 6) is 0.250. The Morgan fingerprint density at radius 2 is 2.04 bits per heavy atom. The van der Waals surface area contributed by atoms with Crippen LogP contribution in [0.15, 0.2) is 30.9 Å². The average Bonchev–Trinajstić information content (AvgIpc) is 2.71. The Morgan fingerprint density at radius 1 is 1.17 bits per heavy atom. The van der Waals surface area contributed by atoms with E-state index in [0.717, 1.165) is 32.7 Å². The lowest BCUT2D eigenvalue weighted by molar-refractivity contribution is -0.129. The highest BCUT2D eigenvalue weighted by molar-refractivity contribution is 5.76. The molecule has 2 heterocycles. The number of hydrogen-bond acceptors (Lipinski definition) is 3. The molecule has 1 saturated heterocycles. The molecule has 0 radical (unpaired) electrons. The van der Waals surface area contributed by atoms with Gasteiger partial charge in [-0.25, -0.2) is 0 Å². The molecule has 0 atom stereocenters. The number of benzene rings is 1. The van der Waals surface area contributed by atoms with E-state index >= 15 is 0 Å². The van der Waals surface area contributed by atoms with E-state index in [1.807, 2.05) is 11.0 Å². The van der Waals surface area contributed by atoms with Crippen molar-refractivity contribution in [2.75, 3.05) is 44.7 Å². The summed E-state index contributed by atoms with van der Waals surface area (Å²) in [6.45, 7) is 9.09. The highest BCUT2D eigenvalue weighted by atomic mass is 16.2. The van der Waals surface area contributed by atoms with Crippen molar-refractivity contribution in [3.05, 3.63) is 42.0 Å². The summed E-state index contributed by atoms with van der Waals surface area (Å²) in [7, 11) is 2.17. The molecule has 1 aromatic rings. The van der Waals surface area contributed by atoms with Crippen LogP contribution in [0.3, 0.4) is 0 Å². The van der Waals surface area contributed by atoms with E-state index in [2.05, 4.69) is 41.6 Å². The van der Waals surface area contributed by atoms with Gasteiger partial charge in [0.2, 0.25) is 5.91 Å². The van der Waals surface area contributed by atoms with Gasteiger partial charge in [-0.15, -0.1) is 6.58 Å². The topological polar surface area (TPSA) is 26.8 Å². The highest BCUT2D eigenvalue weighted by Gasteiger charge is 2.20. The molecule has 3 rings (SSSR count). The minimum absolute atomic E-state index is 0.250. The van der Waals surface area contributed by atoms with Crippen molar-refractivity contribution in [3.63, 3.8) is 0 Å². The van der Waals surface area contributed by atoms with Crippen molar-refractivity contribution in [3.8, 4) is 0 Å². The molecule has 0 spiro atoms. The lowest BCUT2D eigenvalue weighted by Crippen LogP contribution is -2.33. The predicted molar refractivity (Wildman–Crippen MR) is 94.7 cm³/mol. The Labute approximate surface area is 139 Å². The molecule has 1 amide bonds. The third-order valence-corrected chi connectivity index (χ3v) is 4.93. The van der Waals surface area contributed by atoms with E-state index in [4.69, 9.17) is 0 Å². The summed E-state index contributed by atoms with van der Waals surface area (Å²) in [4.78, 5) is 18.7. The molecular formula is C19H27N3O. The van der Waals surface area contributed by atoms with Crippen molar-refractivity contribution >= 4 is 11.6 Å². The lowest BCUT2D eigenvalue weighted by atomic mass is 9.99. The van der Waals surface area contributed by atoms with Crippen LogP contribution in [0.4, 0.5) is 5.69 Å². The summed E-state index contributed by atoms with van der Waals surface area (Å²) < 4.78 is 0. The summed E-state index contributed by atoms with van der Waals surface area (Å²) >= 11 is 0. The quantitative estimate of drug-likeness (QED) is 0.798. The first kappa shape index (κ1) is 16.1. The van der Waals surface area contributed by atoms with Crippen LogP contribution in [0.5, 0.6) is 0 Å². The van der Waals surface area contributed by atoms with Crippen LogP contribution in [-0.2, 0) is 17.8 Å². The second-order valence-corrected chi connectivity index (χ2v) is 6.64. The largest absolute Gasteiger partial charge is 0.374 e. The van der Waals surface area contributed by atoms with Crippen LogP contribution in [0.25, 0.3) is 0 Å². The van der Waals surface area contributed by atoms with Crippen LogP contribution in [0, 0.1) is 0 Å². The van der Waals surface area contributed by atoms with E-state index in [-0.39, 0.29) is 5.91 Å². The molecule has 1 aromatic carbocycles. The van der Waals surface area contributed by atoms with Gasteiger partial charge >= 0.3 is 0 Å². The molecule has 4 heteroatoms. The van der Waals surface area contributed by atoms with Crippen molar-refractivity contribution in [1.82, 2.24) is 9.80 Å². The lowest BCUT2D eigenvalue weighted by Gasteiger charge is -2.28. The number of rotatable bonds is 4. The third-order valence-electron chi connectivity index (χ3n) is 4.93. The third kappa shape index (κ3) is 3.75. The molecule has 0 unspecified atom stereocenters. The zero-order chi connectivity index (χ0) is 16.2. The number of carbonyl (C=O) groups is 1. The minimum atomic E-state index is 0.250. The molecule has 0 N–H and O–H groups in total. The molecule has 1 fully saturated rings. The number of hydrogen-bond donors (Lipinski definition) is 0. The predicted octanol–water partition coefficient (Wildman–Crippen LogP) is 2.29. The zero-order valence-electron chi connectivity index (χ0n) is 14.1. The van der Waals surface area contributed by atoms with E-state index in [1.165, 1.54) is 29.7 Å². The number of nitrogens with zero attached hydrogens (tertiary/aromatic N) is 3. The minimum Gasteiger partial charge on any atom is -0.374 e. The summed E-state index contributed by atoms with van der Waals surface area (Å²) in [5, 5.41) is 0. The van der Waals surface area contributed by atoms with Gasteiger partial charge in [-0.2, -0.15) is 0 Å². The van der Waals surface area contributed by atoms with Gasteiger partial charge < -0.3 is 9.80 Å². The van der Waals surface area contributed by atoms with Crippen molar-refractivity contribution < 1.29 is 4.79 Å². The molecule has 124 valence electrons. The Balaban J connectivity index is 1.65. The maximum Gasteiger partial charge on any atom is 0.224 e. The fourth-order valence-corrected chi connectivity index (χ4v) is 3.61. The standard InChI is InChI=1S/C19H27N3O/c1-3-9-22-13-12-21(11-8-19(22)23)15-16-6-7-18-17(14-16)5-4-10-20(18)2/h3,6-7,14H,1,4-5,8-13,15H2,2H3. The summed E-state index contributed by atoms with van der Waals surface area (Å²) in [6, 6.07) is 6.87. The van der Waals surface area contributed by atoms with E-state index in [1.54, 1.807) is 0 Å². The van der Waals surface area contributed by atoms with Crippen LogP contribution in [0.2, 0.25) is 0 Å². The van der Waals surface area contributed by atoms with Crippen molar-refractivity contribution in [2.24, 2.45) is 0 Å². The summed E-state index contributed by atoms with van der Waals surface area (Å²) in [6.07, 6.45) is 4.84. The second kappa shape index (κ2) is 7.18. The molecule has 4 nitrogen and oxygen atoms in total. The number of carbonyl (C=O) groups excluding carboxylic acids is 1. The van der Waals surface area contributed by atoms with Gasteiger partial charge in [-0.1, -0.05) is 18.2 Å². The maximum atomic E-state index is 12.1. The first-order valence-electron chi connectivity index (χ1n) is 8.61. The van der Waals surface area contributed by atoms with Crippen LogP contribution >= 0.6 is 0 Å². The van der Waals surface area contributed by atoms with E-state index < -0.39 is 0 Å². The van der Waals surface area contributed by atoms with Crippen LogP contribution in [0.1, 0.15) is 24.0 Å². The first-order valence-corrected chi connectivity index (χ1v) is 8.61. The van der Waals surface area contributed by atoms with Gasteiger partial charge in [0.25, 0.3) is 0 Å². The van der Waals surface area contributed by atoms with Gasteiger partial charge in [0.05, 0.1) is 0 Å². The molecule has 0 aromatic heterocycles. The van der Waals surface area contributed by atoms with Gasteiger partial charge in [0.1, 0.15) is 0 Å². The van der Waals surface area contributed by atoms with E-state index in [0.29, 0.717) is 13.0 Å². The highest BCUT2D eigenvalue weighted by Crippen LogP contribution is 2.27. The first-order chi connectivity index (χ1) is 11.2. The van der Waals surface area contributed by atoms with Crippen LogP contribution in [-0.4, -0.2) is 55.5 Å². The summed E-state index contributed by atoms with van der Waals surface area (Å²) in [5.41, 5.74) is 4.21. The average molecular weight is 313 g/mol. The molecule has 0 bridgehead atoms. The Hall–Kier alpha value is -1.81. The van der Waals surface area contributed by atoms with Crippen molar-refractivity contribution in [1.29, 1.82) is 0 Å². The van der Waals surface area contributed by atoms with Crippen molar-refractivity contribution in [2.45, 2.75) is 25.8 Å². The monoisotopic (exact) mass is 313 g/mol. The fourth-order valence-electron chi connectivity index (χ4n) is 3.61. The van der Waals surface area contributed by atoms with Gasteiger partial charge in [0, 0.05) is 58.4 Å². The number of aryl methyl sites for hydroxylation is 1. The van der Waals surface area contributed by atoms with Gasteiger partial charge in [-0.3, -0.25) is 9.69 Å². The van der Waals surface area contributed by atoms with Crippen LogP contribution < -0.4 is 4.90 Å². The smallest absolute Gasteiger partial charge is 0.224 e. The maximum absolute atomic E-state index is 12.1. The number of anilines is 1. The molecule has 2 aliphatic heterocycles. The molecule has 2 aliphatic rings. The van der Waals surface area contributed by atoms with Gasteiger partial charge in [0.15, 0.2) is 0 Å². The molecule has 0 aliphatic carbocycles. The zero-order valence-corrected chi connectivity index (χ0v) is 14.1. The molecular weight excluding hydrogens is 286 g/mol. The van der Waals surface area contributed by atoms with E-state index in [9.17, 15) is 4.79 Å². The number of amides is 1. The Bertz CT molecular complexity index is 584. The Morgan fingerprint density at radius 3 is 2.87 bits per heavy atom. The fraction of sp³-hybridized carbons (Fsp3) is 0.526. The number of fused-ring (bicyclic) bond motifs is 1. The molecule has 0 saturated carbocycles. The Kier molecular flexibility index (Phi) is 5.01. The SMILES string of the molecule is C=CCN1CCN(Cc2ccc3c(c2)CCCN3C)CCC1=O. The molecule has 23 heavy (non-hydrogen) atoms. The second-order valence-electron chi connectivity index (χ2n) is 6.64.